The van der Waals surface area contributed by atoms with E-state index in [2.05, 4.69) is 29.4 Å². The van der Waals surface area contributed by atoms with Gasteiger partial charge in [0.15, 0.2) is 0 Å². The summed E-state index contributed by atoms with van der Waals surface area (Å²) in [5.41, 5.74) is 4.22. The molecule has 0 amide bonds. The van der Waals surface area contributed by atoms with Gasteiger partial charge in [-0.05, 0) is 60.1 Å². The van der Waals surface area contributed by atoms with Gasteiger partial charge < -0.3 is 5.11 Å². The number of aromatic nitrogens is 2. The molecular formula is C18H22N2O. The second-order valence-corrected chi connectivity index (χ2v) is 6.63. The maximum absolute atomic E-state index is 10.6. The smallest absolute Gasteiger partial charge is 0.0580 e. The average molecular weight is 282 g/mol. The van der Waals surface area contributed by atoms with Gasteiger partial charge in [-0.2, -0.15) is 5.10 Å². The predicted octanol–water partition coefficient (Wildman–Crippen LogP) is 2.69. The molecule has 3 nitrogen and oxygen atoms in total. The van der Waals surface area contributed by atoms with Crippen molar-refractivity contribution >= 4 is 0 Å². The van der Waals surface area contributed by atoms with E-state index in [0.717, 1.165) is 12.8 Å². The van der Waals surface area contributed by atoms with Gasteiger partial charge in [0.05, 0.1) is 12.3 Å². The molecule has 0 radical (unpaired) electrons. The molecule has 1 N–H and O–H groups in total. The van der Waals surface area contributed by atoms with Crippen LogP contribution in [0.3, 0.4) is 0 Å². The Morgan fingerprint density at radius 3 is 3.05 bits per heavy atom. The van der Waals surface area contributed by atoms with E-state index in [9.17, 15) is 5.11 Å². The summed E-state index contributed by atoms with van der Waals surface area (Å²) < 4.78 is 1.83. The lowest BCUT2D eigenvalue weighted by atomic mass is 9.92. The van der Waals surface area contributed by atoms with Crippen molar-refractivity contribution < 1.29 is 5.11 Å². The number of rotatable bonds is 4. The van der Waals surface area contributed by atoms with Crippen molar-refractivity contribution in [3.8, 4) is 0 Å². The fourth-order valence-corrected chi connectivity index (χ4v) is 4.25. The first-order valence-electron chi connectivity index (χ1n) is 7.97. The van der Waals surface area contributed by atoms with Crippen LogP contribution < -0.4 is 0 Å². The molecule has 0 aliphatic heterocycles. The lowest BCUT2D eigenvalue weighted by Crippen LogP contribution is -2.12. The third-order valence-corrected chi connectivity index (χ3v) is 5.32. The number of fused-ring (bicyclic) bond motifs is 3. The van der Waals surface area contributed by atoms with Crippen LogP contribution in [-0.2, 0) is 19.9 Å². The minimum absolute atomic E-state index is 0.175. The largest absolute Gasteiger partial charge is 0.393 e. The summed E-state index contributed by atoms with van der Waals surface area (Å²) in [5, 5.41) is 14.8. The number of benzene rings is 1. The quantitative estimate of drug-likeness (QED) is 0.936. The molecule has 1 fully saturated rings. The number of hydrogen-bond acceptors (Lipinski definition) is 2. The third kappa shape index (κ3) is 2.30. The Morgan fingerprint density at radius 1 is 1.38 bits per heavy atom. The molecule has 3 heteroatoms. The van der Waals surface area contributed by atoms with Gasteiger partial charge >= 0.3 is 0 Å². The summed E-state index contributed by atoms with van der Waals surface area (Å²) in [5.74, 6) is 1.80. The Kier molecular flexibility index (Phi) is 3.11. The molecule has 2 aliphatic rings. The average Bonchev–Trinajstić information content (AvgIpc) is 3.11. The second kappa shape index (κ2) is 4.99. The van der Waals surface area contributed by atoms with Crippen LogP contribution in [0, 0.1) is 11.8 Å². The highest BCUT2D eigenvalue weighted by Gasteiger charge is 2.55. The fraction of sp³-hybridized carbons (Fsp3) is 0.500. The zero-order chi connectivity index (χ0) is 14.4. The van der Waals surface area contributed by atoms with E-state index in [0.29, 0.717) is 17.8 Å². The van der Waals surface area contributed by atoms with Gasteiger partial charge in [-0.15, -0.1) is 0 Å². The summed E-state index contributed by atoms with van der Waals surface area (Å²) >= 11 is 0. The van der Waals surface area contributed by atoms with Gasteiger partial charge in [-0.1, -0.05) is 24.3 Å². The summed E-state index contributed by atoms with van der Waals surface area (Å²) in [7, 11) is 1.94. The van der Waals surface area contributed by atoms with Crippen molar-refractivity contribution in [2.45, 2.75) is 37.7 Å². The fourth-order valence-electron chi connectivity index (χ4n) is 4.25. The Morgan fingerprint density at radius 2 is 2.24 bits per heavy atom. The normalized spacial score (nSPS) is 27.8. The van der Waals surface area contributed by atoms with Gasteiger partial charge in [-0.3, -0.25) is 4.68 Å². The van der Waals surface area contributed by atoms with Crippen LogP contribution in [0.25, 0.3) is 0 Å². The van der Waals surface area contributed by atoms with Crippen LogP contribution in [0.2, 0.25) is 0 Å². The molecule has 0 bridgehead atoms. The second-order valence-electron chi connectivity index (χ2n) is 6.63. The molecule has 1 heterocycles. The van der Waals surface area contributed by atoms with E-state index in [1.807, 2.05) is 24.1 Å². The van der Waals surface area contributed by atoms with Crippen LogP contribution in [-0.4, -0.2) is 21.0 Å². The van der Waals surface area contributed by atoms with Crippen LogP contribution in [0.15, 0.2) is 36.7 Å². The summed E-state index contributed by atoms with van der Waals surface area (Å²) in [6.07, 6.45) is 7.98. The van der Waals surface area contributed by atoms with E-state index in [1.165, 1.54) is 29.5 Å². The molecular weight excluding hydrogens is 260 g/mol. The van der Waals surface area contributed by atoms with Crippen molar-refractivity contribution in [1.82, 2.24) is 9.78 Å². The molecule has 1 aromatic heterocycles. The van der Waals surface area contributed by atoms with E-state index < -0.39 is 0 Å². The molecule has 1 aromatic carbocycles. The zero-order valence-electron chi connectivity index (χ0n) is 12.4. The minimum Gasteiger partial charge on any atom is -0.393 e. The maximum atomic E-state index is 10.6. The van der Waals surface area contributed by atoms with Crippen molar-refractivity contribution in [2.75, 3.05) is 0 Å². The van der Waals surface area contributed by atoms with Crippen LogP contribution >= 0.6 is 0 Å². The predicted molar refractivity (Wildman–Crippen MR) is 82.0 cm³/mol. The number of nitrogens with zero attached hydrogens (tertiary/aromatic N) is 2. The van der Waals surface area contributed by atoms with Gasteiger partial charge in [0.25, 0.3) is 0 Å². The highest BCUT2D eigenvalue weighted by atomic mass is 16.3. The van der Waals surface area contributed by atoms with Gasteiger partial charge in [0, 0.05) is 13.2 Å². The molecule has 4 rings (SSSR count). The molecule has 110 valence electrons. The summed E-state index contributed by atoms with van der Waals surface area (Å²) in [4.78, 5) is 0. The Balaban J connectivity index is 1.42. The molecule has 4 atom stereocenters. The van der Waals surface area contributed by atoms with Gasteiger partial charge in [0.1, 0.15) is 0 Å². The van der Waals surface area contributed by atoms with E-state index in [4.69, 9.17) is 0 Å². The lowest BCUT2D eigenvalue weighted by Gasteiger charge is -2.13. The molecule has 0 saturated heterocycles. The SMILES string of the molecule is Cn1cc(CCC(O)C2C3CCc4ccccc4C32)cn1. The van der Waals surface area contributed by atoms with Crippen molar-refractivity contribution in [1.29, 1.82) is 0 Å². The number of aliphatic hydroxyl groups is 1. The molecule has 2 aromatic rings. The standard InChI is InChI=1S/C18H22N2O/c1-20-11-12(10-19-20)6-9-16(21)18-15-8-7-13-4-2-3-5-14(13)17(15)18/h2-5,10-11,15-18,21H,6-9H2,1H3. The maximum Gasteiger partial charge on any atom is 0.0580 e. The van der Waals surface area contributed by atoms with Crippen LogP contribution in [0.5, 0.6) is 0 Å². The van der Waals surface area contributed by atoms with E-state index in [1.54, 1.807) is 0 Å². The Hall–Kier alpha value is -1.61. The highest BCUT2D eigenvalue weighted by Crippen LogP contribution is 2.61. The van der Waals surface area contributed by atoms with Crippen molar-refractivity contribution in [3.05, 3.63) is 53.3 Å². The molecule has 0 spiro atoms. The monoisotopic (exact) mass is 282 g/mol. The van der Waals surface area contributed by atoms with Crippen LogP contribution in [0.4, 0.5) is 0 Å². The zero-order valence-corrected chi connectivity index (χ0v) is 12.4. The summed E-state index contributed by atoms with van der Waals surface area (Å²) in [6.45, 7) is 0. The molecule has 4 unspecified atom stereocenters. The number of hydrogen-bond donors (Lipinski definition) is 1. The third-order valence-electron chi connectivity index (χ3n) is 5.32. The Bertz CT molecular complexity index is 648. The van der Waals surface area contributed by atoms with Crippen molar-refractivity contribution in [3.63, 3.8) is 0 Å². The van der Waals surface area contributed by atoms with E-state index in [-0.39, 0.29) is 6.10 Å². The first-order chi connectivity index (χ1) is 10.2. The highest BCUT2D eigenvalue weighted by molar-refractivity contribution is 5.39. The topological polar surface area (TPSA) is 38.0 Å². The van der Waals surface area contributed by atoms with Crippen LogP contribution in [0.1, 0.15) is 35.4 Å². The first-order valence-corrected chi connectivity index (χ1v) is 7.97. The van der Waals surface area contributed by atoms with Gasteiger partial charge in [0.2, 0.25) is 0 Å². The van der Waals surface area contributed by atoms with E-state index >= 15 is 0 Å². The molecule has 21 heavy (non-hydrogen) atoms. The number of aryl methyl sites for hydroxylation is 3. The lowest BCUT2D eigenvalue weighted by molar-refractivity contribution is 0.133. The minimum atomic E-state index is -0.175. The Labute approximate surface area is 125 Å². The van der Waals surface area contributed by atoms with Gasteiger partial charge in [-0.25, -0.2) is 0 Å². The molecule has 2 aliphatic carbocycles. The summed E-state index contributed by atoms with van der Waals surface area (Å²) in [6, 6.07) is 8.79. The number of aliphatic hydroxyl groups excluding tert-OH is 1. The first kappa shape index (κ1) is 13.1. The van der Waals surface area contributed by atoms with Crippen molar-refractivity contribution in [2.24, 2.45) is 18.9 Å². The molecule has 1 saturated carbocycles.